The predicted octanol–water partition coefficient (Wildman–Crippen LogP) is 2.20. The molecule has 0 aromatic heterocycles. The van der Waals surface area contributed by atoms with Gasteiger partial charge in [0.2, 0.25) is 11.7 Å². The van der Waals surface area contributed by atoms with Crippen molar-refractivity contribution in [1.29, 1.82) is 0 Å². The molecule has 2 rings (SSSR count). The lowest BCUT2D eigenvalue weighted by molar-refractivity contribution is -0.151. The smallest absolute Gasteiger partial charge is 0.310 e. The molecule has 0 fully saturated rings. The average Bonchev–Trinajstić information content (AvgIpc) is 2.78. The molecule has 0 atom stereocenters. The van der Waals surface area contributed by atoms with Crippen LogP contribution in [-0.4, -0.2) is 64.2 Å². The molecule has 0 radical (unpaired) electrons. The molecule has 172 valence electrons. The molecular weight excluding hydrogens is 416 g/mol. The van der Waals surface area contributed by atoms with E-state index in [0.29, 0.717) is 28.5 Å². The van der Waals surface area contributed by atoms with Crippen LogP contribution in [0.5, 0.6) is 17.2 Å². The van der Waals surface area contributed by atoms with E-state index in [-0.39, 0.29) is 18.9 Å². The Kier molecular flexibility index (Phi) is 8.88. The van der Waals surface area contributed by atoms with Crippen LogP contribution in [0, 0.1) is 6.92 Å². The number of hydrogen-bond donors (Lipinski definition) is 1. The maximum Gasteiger partial charge on any atom is 0.310 e. The number of esters is 1. The molecule has 0 unspecified atom stereocenters. The molecule has 0 bridgehead atoms. The third-order valence-corrected chi connectivity index (χ3v) is 4.57. The van der Waals surface area contributed by atoms with Gasteiger partial charge in [-0.1, -0.05) is 17.7 Å². The van der Waals surface area contributed by atoms with Crippen molar-refractivity contribution < 1.29 is 33.3 Å². The number of benzene rings is 2. The SMILES string of the molecule is COc1cc(CC(=O)OCC(=O)N(C)CC(=O)Nc2ccc(C)cc2)cc(OC)c1OC. The fourth-order valence-corrected chi connectivity index (χ4v) is 2.85. The van der Waals surface area contributed by atoms with Gasteiger partial charge in [0.1, 0.15) is 0 Å². The normalized spacial score (nSPS) is 10.2. The van der Waals surface area contributed by atoms with Crippen molar-refractivity contribution in [3.05, 3.63) is 47.5 Å². The first kappa shape index (κ1) is 24.5. The molecule has 0 heterocycles. The Labute approximate surface area is 187 Å². The van der Waals surface area contributed by atoms with Gasteiger partial charge in [0.05, 0.1) is 34.3 Å². The van der Waals surface area contributed by atoms with E-state index in [1.807, 2.05) is 19.1 Å². The third kappa shape index (κ3) is 6.90. The lowest BCUT2D eigenvalue weighted by Gasteiger charge is -2.17. The average molecular weight is 444 g/mol. The number of rotatable bonds is 10. The fourth-order valence-electron chi connectivity index (χ4n) is 2.85. The Morgan fingerprint density at radius 1 is 0.938 bits per heavy atom. The standard InChI is InChI=1S/C23H28N2O7/c1-15-6-8-17(9-7-15)24-20(26)13-25(2)21(27)14-32-22(28)12-16-10-18(29-3)23(31-5)19(11-16)30-4/h6-11H,12-14H2,1-5H3,(H,24,26). The maximum atomic E-state index is 12.2. The van der Waals surface area contributed by atoms with Crippen molar-refractivity contribution in [1.82, 2.24) is 4.90 Å². The van der Waals surface area contributed by atoms with Gasteiger partial charge in [0, 0.05) is 12.7 Å². The van der Waals surface area contributed by atoms with E-state index in [4.69, 9.17) is 18.9 Å². The predicted molar refractivity (Wildman–Crippen MR) is 118 cm³/mol. The Bertz CT molecular complexity index is 932. The van der Waals surface area contributed by atoms with Crippen molar-refractivity contribution in [3.8, 4) is 17.2 Å². The topological polar surface area (TPSA) is 103 Å². The number of carbonyl (C=O) groups is 3. The number of ether oxygens (including phenoxy) is 4. The van der Waals surface area contributed by atoms with Crippen molar-refractivity contribution >= 4 is 23.5 Å². The van der Waals surface area contributed by atoms with E-state index >= 15 is 0 Å². The van der Waals surface area contributed by atoms with E-state index < -0.39 is 18.5 Å². The van der Waals surface area contributed by atoms with Crippen LogP contribution < -0.4 is 19.5 Å². The first-order valence-corrected chi connectivity index (χ1v) is 9.82. The monoisotopic (exact) mass is 444 g/mol. The summed E-state index contributed by atoms with van der Waals surface area (Å²) in [6.07, 6.45) is -0.0956. The Hall–Kier alpha value is -3.75. The van der Waals surface area contributed by atoms with Crippen LogP contribution in [0.25, 0.3) is 0 Å². The molecule has 0 saturated carbocycles. The number of carbonyl (C=O) groups excluding carboxylic acids is 3. The highest BCUT2D eigenvalue weighted by Gasteiger charge is 2.18. The van der Waals surface area contributed by atoms with Gasteiger partial charge in [0.25, 0.3) is 5.91 Å². The van der Waals surface area contributed by atoms with Gasteiger partial charge in [-0.05, 0) is 36.8 Å². The summed E-state index contributed by atoms with van der Waals surface area (Å²) in [6, 6.07) is 10.6. The fraction of sp³-hybridized carbons (Fsp3) is 0.348. The zero-order chi connectivity index (χ0) is 23.7. The van der Waals surface area contributed by atoms with Crippen LogP contribution in [0.2, 0.25) is 0 Å². The zero-order valence-electron chi connectivity index (χ0n) is 18.9. The minimum Gasteiger partial charge on any atom is -0.493 e. The number of nitrogens with zero attached hydrogens (tertiary/aromatic N) is 1. The summed E-state index contributed by atoms with van der Waals surface area (Å²) in [6.45, 7) is 1.30. The highest BCUT2D eigenvalue weighted by atomic mass is 16.5. The summed E-state index contributed by atoms with van der Waals surface area (Å²) in [5.41, 5.74) is 2.28. The van der Waals surface area contributed by atoms with Crippen LogP contribution in [-0.2, 0) is 25.5 Å². The largest absolute Gasteiger partial charge is 0.493 e. The second-order valence-corrected chi connectivity index (χ2v) is 7.04. The Morgan fingerprint density at radius 2 is 1.53 bits per heavy atom. The lowest BCUT2D eigenvalue weighted by Crippen LogP contribution is -2.37. The number of methoxy groups -OCH3 is 3. The van der Waals surface area contributed by atoms with Gasteiger partial charge < -0.3 is 29.2 Å². The summed E-state index contributed by atoms with van der Waals surface area (Å²) >= 11 is 0. The lowest BCUT2D eigenvalue weighted by atomic mass is 10.1. The molecule has 0 aliphatic heterocycles. The molecule has 9 heteroatoms. The van der Waals surface area contributed by atoms with E-state index in [9.17, 15) is 14.4 Å². The molecule has 2 amide bonds. The first-order valence-electron chi connectivity index (χ1n) is 9.82. The number of nitrogens with one attached hydrogen (secondary N) is 1. The molecule has 0 aliphatic rings. The second kappa shape index (κ2) is 11.6. The second-order valence-electron chi connectivity index (χ2n) is 7.04. The molecular formula is C23H28N2O7. The zero-order valence-corrected chi connectivity index (χ0v) is 18.9. The molecule has 2 aromatic rings. The number of aryl methyl sites for hydroxylation is 1. The van der Waals surface area contributed by atoms with E-state index in [1.54, 1.807) is 24.3 Å². The summed E-state index contributed by atoms with van der Waals surface area (Å²) in [5.74, 6) is -0.233. The highest BCUT2D eigenvalue weighted by Crippen LogP contribution is 2.38. The minimum atomic E-state index is -0.606. The Morgan fingerprint density at radius 3 is 2.06 bits per heavy atom. The summed E-state index contributed by atoms with van der Waals surface area (Å²) in [7, 11) is 5.90. The Balaban J connectivity index is 1.86. The molecule has 2 aromatic carbocycles. The minimum absolute atomic E-state index is 0.0956. The summed E-state index contributed by atoms with van der Waals surface area (Å²) < 4.78 is 20.8. The highest BCUT2D eigenvalue weighted by molar-refractivity contribution is 5.94. The van der Waals surface area contributed by atoms with Crippen LogP contribution >= 0.6 is 0 Å². The molecule has 9 nitrogen and oxygen atoms in total. The summed E-state index contributed by atoms with van der Waals surface area (Å²) in [5, 5.41) is 2.71. The van der Waals surface area contributed by atoms with Gasteiger partial charge >= 0.3 is 5.97 Å². The van der Waals surface area contributed by atoms with Gasteiger partial charge in [-0.25, -0.2) is 0 Å². The van der Waals surface area contributed by atoms with Crippen molar-refractivity contribution in [2.45, 2.75) is 13.3 Å². The van der Waals surface area contributed by atoms with Gasteiger partial charge in [-0.15, -0.1) is 0 Å². The number of hydrogen-bond acceptors (Lipinski definition) is 7. The molecule has 0 aliphatic carbocycles. The molecule has 32 heavy (non-hydrogen) atoms. The van der Waals surface area contributed by atoms with Crippen molar-refractivity contribution in [3.63, 3.8) is 0 Å². The van der Waals surface area contributed by atoms with Crippen molar-refractivity contribution in [2.75, 3.05) is 46.8 Å². The third-order valence-electron chi connectivity index (χ3n) is 4.57. The van der Waals surface area contributed by atoms with Crippen LogP contribution in [0.15, 0.2) is 36.4 Å². The first-order chi connectivity index (χ1) is 15.3. The molecule has 0 spiro atoms. The van der Waals surface area contributed by atoms with E-state index in [1.165, 1.54) is 33.3 Å². The maximum absolute atomic E-state index is 12.2. The van der Waals surface area contributed by atoms with Crippen molar-refractivity contribution in [2.24, 2.45) is 0 Å². The number of amides is 2. The molecule has 0 saturated heterocycles. The molecule has 1 N–H and O–H groups in total. The quantitative estimate of drug-likeness (QED) is 0.561. The van der Waals surface area contributed by atoms with E-state index in [2.05, 4.69) is 5.32 Å². The van der Waals surface area contributed by atoms with Crippen LogP contribution in [0.3, 0.4) is 0 Å². The van der Waals surface area contributed by atoms with Gasteiger partial charge in [0.15, 0.2) is 18.1 Å². The van der Waals surface area contributed by atoms with Gasteiger partial charge in [-0.3, -0.25) is 14.4 Å². The number of likely N-dealkylation sites (N-methyl/N-ethyl adjacent to an activating group) is 1. The summed E-state index contributed by atoms with van der Waals surface area (Å²) in [4.78, 5) is 37.7. The van der Waals surface area contributed by atoms with E-state index in [0.717, 1.165) is 5.56 Å². The number of anilines is 1. The van der Waals surface area contributed by atoms with Gasteiger partial charge in [-0.2, -0.15) is 0 Å². The van der Waals surface area contributed by atoms with Crippen LogP contribution in [0.4, 0.5) is 5.69 Å². The van der Waals surface area contributed by atoms with Crippen LogP contribution in [0.1, 0.15) is 11.1 Å².